The predicted octanol–water partition coefficient (Wildman–Crippen LogP) is 3.33. The molecule has 3 amide bonds. The Morgan fingerprint density at radius 1 is 1.09 bits per heavy atom. The van der Waals surface area contributed by atoms with Gasteiger partial charge in [-0.3, -0.25) is 14.4 Å². The van der Waals surface area contributed by atoms with Crippen LogP contribution < -0.4 is 10.2 Å². The molecule has 2 aromatic carbocycles. The molecule has 34 heavy (non-hydrogen) atoms. The molecule has 0 spiro atoms. The summed E-state index contributed by atoms with van der Waals surface area (Å²) in [5.74, 6) is -0.790. The Morgan fingerprint density at radius 2 is 1.82 bits per heavy atom. The molecular formula is C24H24ClN5O3S. The number of anilines is 2. The van der Waals surface area contributed by atoms with Crippen LogP contribution in [-0.2, 0) is 9.59 Å². The van der Waals surface area contributed by atoms with Crippen LogP contribution in [0.3, 0.4) is 0 Å². The van der Waals surface area contributed by atoms with E-state index in [1.807, 2.05) is 17.0 Å². The summed E-state index contributed by atoms with van der Waals surface area (Å²) in [6, 6.07) is 12.4. The van der Waals surface area contributed by atoms with Gasteiger partial charge in [-0.15, -0.1) is 0 Å². The van der Waals surface area contributed by atoms with E-state index < -0.39 is 5.92 Å². The molecule has 0 bridgehead atoms. The number of carbonyl (C=O) groups is 3. The summed E-state index contributed by atoms with van der Waals surface area (Å²) in [5, 5.41) is 3.91. The van der Waals surface area contributed by atoms with Crippen LogP contribution in [0, 0.1) is 5.92 Å². The van der Waals surface area contributed by atoms with Gasteiger partial charge in [0.1, 0.15) is 0 Å². The van der Waals surface area contributed by atoms with E-state index in [1.165, 1.54) is 11.3 Å². The van der Waals surface area contributed by atoms with Gasteiger partial charge >= 0.3 is 0 Å². The average Bonchev–Trinajstić information content (AvgIpc) is 3.42. The van der Waals surface area contributed by atoms with Gasteiger partial charge < -0.3 is 20.0 Å². The van der Waals surface area contributed by atoms with Crippen molar-refractivity contribution >= 4 is 61.7 Å². The van der Waals surface area contributed by atoms with Crippen LogP contribution >= 0.6 is 22.9 Å². The Balaban J connectivity index is 1.26. The molecule has 1 N–H and O–H groups in total. The Kier molecular flexibility index (Phi) is 6.24. The molecule has 10 heteroatoms. The number of nitrogens with zero attached hydrogens (tertiary/aromatic N) is 4. The molecule has 1 aromatic heterocycles. The quantitative estimate of drug-likeness (QED) is 0.597. The number of halogens is 1. The SMILES string of the molecule is CN1CCN(C(=O)c2ccc3nc(NC(=O)C4CC(=O)N(c5ccc(Cl)cc5)C4)sc3c2)CC1. The molecule has 2 saturated heterocycles. The first kappa shape index (κ1) is 22.8. The van der Waals surface area contributed by atoms with Crippen LogP contribution in [0.25, 0.3) is 10.2 Å². The van der Waals surface area contributed by atoms with Gasteiger partial charge in [-0.1, -0.05) is 22.9 Å². The summed E-state index contributed by atoms with van der Waals surface area (Å²) in [7, 11) is 2.05. The van der Waals surface area contributed by atoms with Gasteiger partial charge in [0.25, 0.3) is 5.91 Å². The second-order valence-corrected chi connectivity index (χ2v) is 10.1. The molecule has 1 atom stereocenters. The molecule has 1 unspecified atom stereocenters. The minimum atomic E-state index is -0.468. The van der Waals surface area contributed by atoms with Gasteiger partial charge in [0.05, 0.1) is 16.1 Å². The molecule has 5 rings (SSSR count). The number of benzene rings is 2. The first-order chi connectivity index (χ1) is 16.4. The number of likely N-dealkylation sites (N-methyl/N-ethyl adjacent to an activating group) is 1. The topological polar surface area (TPSA) is 85.8 Å². The maximum Gasteiger partial charge on any atom is 0.253 e. The van der Waals surface area contributed by atoms with Crippen molar-refractivity contribution in [2.75, 3.05) is 50.0 Å². The number of rotatable bonds is 4. The van der Waals surface area contributed by atoms with Crippen LogP contribution in [0.5, 0.6) is 0 Å². The van der Waals surface area contributed by atoms with E-state index in [4.69, 9.17) is 11.6 Å². The number of hydrogen-bond acceptors (Lipinski definition) is 6. The molecule has 0 aliphatic carbocycles. The van der Waals surface area contributed by atoms with E-state index >= 15 is 0 Å². The molecule has 2 aliphatic heterocycles. The highest BCUT2D eigenvalue weighted by molar-refractivity contribution is 7.22. The predicted molar refractivity (Wildman–Crippen MR) is 134 cm³/mol. The van der Waals surface area contributed by atoms with E-state index in [9.17, 15) is 14.4 Å². The molecule has 0 saturated carbocycles. The molecule has 0 radical (unpaired) electrons. The fourth-order valence-corrected chi connectivity index (χ4v) is 5.30. The number of thiazole rings is 1. The summed E-state index contributed by atoms with van der Waals surface area (Å²) in [6.07, 6.45) is 0.142. The highest BCUT2D eigenvalue weighted by Crippen LogP contribution is 2.30. The van der Waals surface area contributed by atoms with Gasteiger partial charge in [-0.25, -0.2) is 4.98 Å². The van der Waals surface area contributed by atoms with Gasteiger partial charge in [-0.05, 0) is 49.5 Å². The monoisotopic (exact) mass is 497 g/mol. The lowest BCUT2D eigenvalue weighted by atomic mass is 10.1. The second-order valence-electron chi connectivity index (χ2n) is 8.67. The highest BCUT2D eigenvalue weighted by Gasteiger charge is 2.35. The summed E-state index contributed by atoms with van der Waals surface area (Å²) < 4.78 is 0.834. The number of carbonyl (C=O) groups excluding carboxylic acids is 3. The molecule has 2 aliphatic rings. The maximum atomic E-state index is 12.9. The zero-order valence-corrected chi connectivity index (χ0v) is 20.2. The normalized spacial score (nSPS) is 19.1. The van der Waals surface area contributed by atoms with E-state index in [2.05, 4.69) is 22.2 Å². The number of fused-ring (bicyclic) bond motifs is 1. The molecule has 3 aromatic rings. The van der Waals surface area contributed by atoms with Crippen LogP contribution in [0.2, 0.25) is 5.02 Å². The van der Waals surface area contributed by atoms with Crippen molar-refractivity contribution in [3.63, 3.8) is 0 Å². The average molecular weight is 498 g/mol. The van der Waals surface area contributed by atoms with Crippen LogP contribution in [-0.4, -0.2) is 72.3 Å². The smallest absolute Gasteiger partial charge is 0.253 e. The largest absolute Gasteiger partial charge is 0.336 e. The van der Waals surface area contributed by atoms with Crippen LogP contribution in [0.15, 0.2) is 42.5 Å². The summed E-state index contributed by atoms with van der Waals surface area (Å²) in [5.41, 5.74) is 2.07. The van der Waals surface area contributed by atoms with Crippen LogP contribution in [0.4, 0.5) is 10.8 Å². The van der Waals surface area contributed by atoms with Crippen molar-refractivity contribution in [2.24, 2.45) is 5.92 Å². The number of hydrogen-bond donors (Lipinski definition) is 1. The van der Waals surface area contributed by atoms with E-state index in [0.717, 1.165) is 29.0 Å². The zero-order valence-electron chi connectivity index (χ0n) is 18.7. The van der Waals surface area contributed by atoms with Crippen molar-refractivity contribution in [1.29, 1.82) is 0 Å². The third-order valence-electron chi connectivity index (χ3n) is 6.29. The molecule has 176 valence electrons. The first-order valence-corrected chi connectivity index (χ1v) is 12.3. The molecule has 2 fully saturated rings. The van der Waals surface area contributed by atoms with Crippen molar-refractivity contribution in [3.05, 3.63) is 53.1 Å². The van der Waals surface area contributed by atoms with Gasteiger partial charge in [-0.2, -0.15) is 0 Å². The first-order valence-electron chi connectivity index (χ1n) is 11.1. The Labute approximate surface area is 206 Å². The van der Waals surface area contributed by atoms with E-state index in [0.29, 0.717) is 35.4 Å². The molecular weight excluding hydrogens is 474 g/mol. The maximum absolute atomic E-state index is 12.9. The standard InChI is InChI=1S/C24H24ClN5O3S/c1-28-8-10-29(11-9-28)23(33)15-2-7-19-20(12-15)34-24(26-19)27-22(32)16-13-21(31)30(14-16)18-5-3-17(25)4-6-18/h2-7,12,16H,8-11,13-14H2,1H3,(H,26,27,32). The fourth-order valence-electron chi connectivity index (χ4n) is 4.26. The Bertz CT molecular complexity index is 1250. The number of piperazine rings is 1. The summed E-state index contributed by atoms with van der Waals surface area (Å²) in [6.45, 7) is 3.46. The minimum Gasteiger partial charge on any atom is -0.336 e. The summed E-state index contributed by atoms with van der Waals surface area (Å²) in [4.78, 5) is 48.4. The number of nitrogens with one attached hydrogen (secondary N) is 1. The van der Waals surface area contributed by atoms with Gasteiger partial charge in [0.2, 0.25) is 11.8 Å². The zero-order chi connectivity index (χ0) is 23.8. The number of amides is 3. The van der Waals surface area contributed by atoms with Gasteiger partial charge in [0, 0.05) is 55.4 Å². The van der Waals surface area contributed by atoms with Gasteiger partial charge in [0.15, 0.2) is 5.13 Å². The lowest BCUT2D eigenvalue weighted by Gasteiger charge is -2.32. The van der Waals surface area contributed by atoms with Crippen molar-refractivity contribution < 1.29 is 14.4 Å². The van der Waals surface area contributed by atoms with Crippen LogP contribution in [0.1, 0.15) is 16.8 Å². The van der Waals surface area contributed by atoms with E-state index in [1.54, 1.807) is 35.2 Å². The summed E-state index contributed by atoms with van der Waals surface area (Å²) >= 11 is 7.26. The number of aromatic nitrogens is 1. The van der Waals surface area contributed by atoms with Crippen molar-refractivity contribution in [3.8, 4) is 0 Å². The highest BCUT2D eigenvalue weighted by atomic mass is 35.5. The lowest BCUT2D eigenvalue weighted by Crippen LogP contribution is -2.47. The molecule has 8 nitrogen and oxygen atoms in total. The third kappa shape index (κ3) is 4.64. The fraction of sp³-hybridized carbons (Fsp3) is 0.333. The molecule has 3 heterocycles. The second kappa shape index (κ2) is 9.32. The Hall–Kier alpha value is -3.01. The minimum absolute atomic E-state index is 0.0146. The Morgan fingerprint density at radius 3 is 2.56 bits per heavy atom. The lowest BCUT2D eigenvalue weighted by molar-refractivity contribution is -0.122. The third-order valence-corrected chi connectivity index (χ3v) is 7.48. The van der Waals surface area contributed by atoms with Crippen molar-refractivity contribution in [2.45, 2.75) is 6.42 Å². The van der Waals surface area contributed by atoms with E-state index in [-0.39, 0.29) is 24.1 Å². The van der Waals surface area contributed by atoms with Crippen molar-refractivity contribution in [1.82, 2.24) is 14.8 Å².